The molecular weight excluding hydrogens is 246 g/mol. The van der Waals surface area contributed by atoms with Crippen LogP contribution in [0.4, 0.5) is 0 Å². The Hall–Kier alpha value is -1.46. The lowest BCUT2D eigenvalue weighted by atomic mass is 10.2. The van der Waals surface area contributed by atoms with Crippen LogP contribution in [-0.2, 0) is 4.79 Å². The van der Waals surface area contributed by atoms with Gasteiger partial charge in [-0.15, -0.1) is 11.3 Å². The van der Waals surface area contributed by atoms with Gasteiger partial charge in [0.25, 0.3) is 0 Å². The molecule has 1 aromatic carbocycles. The Morgan fingerprint density at radius 1 is 1.50 bits per heavy atom. The summed E-state index contributed by atoms with van der Waals surface area (Å²) in [5.41, 5.74) is 1.05. The first-order valence-electron chi connectivity index (χ1n) is 6.10. The Balaban J connectivity index is 1.75. The van der Waals surface area contributed by atoms with Gasteiger partial charge in [0, 0.05) is 19.0 Å². The minimum Gasteiger partial charge on any atom is -0.354 e. The molecule has 2 aromatic rings. The molecule has 1 amide bonds. The molecule has 0 radical (unpaired) electrons. The molecule has 2 N–H and O–H groups in total. The van der Waals surface area contributed by atoms with E-state index in [2.05, 4.69) is 28.6 Å². The SMILES string of the molecule is CC(NC1CNC(=O)C1)c1nc2ccccc2s1. The Morgan fingerprint density at radius 3 is 3.06 bits per heavy atom. The summed E-state index contributed by atoms with van der Waals surface area (Å²) in [6, 6.07) is 8.55. The van der Waals surface area contributed by atoms with Crippen LogP contribution in [0.3, 0.4) is 0 Å². The molecule has 4 nitrogen and oxygen atoms in total. The summed E-state index contributed by atoms with van der Waals surface area (Å²) in [5.74, 6) is 0.129. The Bertz CT molecular complexity index is 547. The van der Waals surface area contributed by atoms with Crippen molar-refractivity contribution in [1.29, 1.82) is 0 Å². The third kappa shape index (κ3) is 2.23. The molecule has 3 rings (SSSR count). The van der Waals surface area contributed by atoms with Crippen LogP contribution in [0.1, 0.15) is 24.4 Å². The van der Waals surface area contributed by atoms with E-state index >= 15 is 0 Å². The molecule has 0 bridgehead atoms. The van der Waals surface area contributed by atoms with E-state index in [4.69, 9.17) is 0 Å². The number of fused-ring (bicyclic) bond motifs is 1. The van der Waals surface area contributed by atoms with Crippen LogP contribution in [0.2, 0.25) is 0 Å². The van der Waals surface area contributed by atoms with E-state index in [0.29, 0.717) is 13.0 Å². The smallest absolute Gasteiger partial charge is 0.221 e. The highest BCUT2D eigenvalue weighted by molar-refractivity contribution is 7.18. The molecule has 5 heteroatoms. The first-order chi connectivity index (χ1) is 8.72. The summed E-state index contributed by atoms with van der Waals surface area (Å²) >= 11 is 1.71. The van der Waals surface area contributed by atoms with Gasteiger partial charge >= 0.3 is 0 Å². The number of nitrogens with zero attached hydrogens (tertiary/aromatic N) is 1. The number of hydrogen-bond donors (Lipinski definition) is 2. The van der Waals surface area contributed by atoms with Crippen LogP contribution in [0, 0.1) is 0 Å². The number of amides is 1. The fraction of sp³-hybridized carbons (Fsp3) is 0.385. The summed E-state index contributed by atoms with van der Waals surface area (Å²) < 4.78 is 1.21. The van der Waals surface area contributed by atoms with E-state index in [1.807, 2.05) is 18.2 Å². The van der Waals surface area contributed by atoms with Gasteiger partial charge in [0.05, 0.1) is 16.3 Å². The zero-order chi connectivity index (χ0) is 12.5. The number of thiazole rings is 1. The average molecular weight is 261 g/mol. The third-order valence-electron chi connectivity index (χ3n) is 3.14. The van der Waals surface area contributed by atoms with E-state index in [9.17, 15) is 4.79 Å². The van der Waals surface area contributed by atoms with Crippen molar-refractivity contribution in [3.8, 4) is 0 Å². The lowest BCUT2D eigenvalue weighted by Gasteiger charge is -2.15. The average Bonchev–Trinajstić information content (AvgIpc) is 2.95. The molecule has 1 saturated heterocycles. The molecule has 1 aliphatic rings. The molecule has 2 heterocycles. The highest BCUT2D eigenvalue weighted by atomic mass is 32.1. The van der Waals surface area contributed by atoms with E-state index in [1.165, 1.54) is 4.70 Å². The summed E-state index contributed by atoms with van der Waals surface area (Å²) in [6.07, 6.45) is 0.565. The van der Waals surface area contributed by atoms with Gasteiger partial charge in [0.1, 0.15) is 5.01 Å². The second-order valence-electron chi connectivity index (χ2n) is 4.61. The molecule has 1 fully saturated rings. The van der Waals surface area contributed by atoms with Crippen molar-refractivity contribution in [3.63, 3.8) is 0 Å². The monoisotopic (exact) mass is 261 g/mol. The van der Waals surface area contributed by atoms with Gasteiger partial charge < -0.3 is 10.6 Å². The highest BCUT2D eigenvalue weighted by Gasteiger charge is 2.23. The highest BCUT2D eigenvalue weighted by Crippen LogP contribution is 2.26. The fourth-order valence-electron chi connectivity index (χ4n) is 2.22. The van der Waals surface area contributed by atoms with Crippen LogP contribution < -0.4 is 10.6 Å². The number of rotatable bonds is 3. The van der Waals surface area contributed by atoms with Gasteiger partial charge in [-0.05, 0) is 19.1 Å². The quantitative estimate of drug-likeness (QED) is 0.886. The Morgan fingerprint density at radius 2 is 2.33 bits per heavy atom. The van der Waals surface area contributed by atoms with E-state index < -0.39 is 0 Å². The van der Waals surface area contributed by atoms with Gasteiger partial charge in [0.2, 0.25) is 5.91 Å². The minimum atomic E-state index is 0.129. The maximum atomic E-state index is 11.1. The minimum absolute atomic E-state index is 0.129. The lowest BCUT2D eigenvalue weighted by Crippen LogP contribution is -2.33. The molecule has 2 unspecified atom stereocenters. The number of hydrogen-bond acceptors (Lipinski definition) is 4. The second-order valence-corrected chi connectivity index (χ2v) is 5.68. The van der Waals surface area contributed by atoms with Crippen molar-refractivity contribution in [1.82, 2.24) is 15.6 Å². The van der Waals surface area contributed by atoms with Crippen molar-refractivity contribution in [2.75, 3.05) is 6.54 Å². The normalized spacial score (nSPS) is 21.2. The van der Waals surface area contributed by atoms with Gasteiger partial charge in [-0.1, -0.05) is 12.1 Å². The van der Waals surface area contributed by atoms with E-state index in [1.54, 1.807) is 11.3 Å². The number of carbonyl (C=O) groups is 1. The van der Waals surface area contributed by atoms with Crippen LogP contribution in [0.5, 0.6) is 0 Å². The van der Waals surface area contributed by atoms with Crippen molar-refractivity contribution < 1.29 is 4.79 Å². The number of benzene rings is 1. The van der Waals surface area contributed by atoms with Crippen molar-refractivity contribution in [3.05, 3.63) is 29.3 Å². The van der Waals surface area contributed by atoms with Crippen molar-refractivity contribution >= 4 is 27.5 Å². The summed E-state index contributed by atoms with van der Waals surface area (Å²) in [7, 11) is 0. The summed E-state index contributed by atoms with van der Waals surface area (Å²) in [5, 5.41) is 7.36. The Labute approximate surface area is 109 Å². The maximum absolute atomic E-state index is 11.1. The molecule has 0 aliphatic carbocycles. The zero-order valence-corrected chi connectivity index (χ0v) is 11.0. The fourth-order valence-corrected chi connectivity index (χ4v) is 3.20. The van der Waals surface area contributed by atoms with Crippen LogP contribution >= 0.6 is 11.3 Å². The molecular formula is C13H15N3OS. The predicted octanol–water partition coefficient (Wildman–Crippen LogP) is 1.84. The van der Waals surface area contributed by atoms with Gasteiger partial charge in [-0.25, -0.2) is 4.98 Å². The number of aromatic nitrogens is 1. The van der Waals surface area contributed by atoms with Gasteiger partial charge in [-0.3, -0.25) is 4.79 Å². The zero-order valence-electron chi connectivity index (χ0n) is 10.1. The first-order valence-corrected chi connectivity index (χ1v) is 6.92. The first kappa shape index (κ1) is 11.6. The van der Waals surface area contributed by atoms with Gasteiger partial charge in [0.15, 0.2) is 0 Å². The van der Waals surface area contributed by atoms with E-state index in [0.717, 1.165) is 10.5 Å². The molecule has 18 heavy (non-hydrogen) atoms. The second kappa shape index (κ2) is 4.66. The summed E-state index contributed by atoms with van der Waals surface area (Å²) in [4.78, 5) is 15.8. The molecule has 94 valence electrons. The standard InChI is InChI=1S/C13H15N3OS/c1-8(15-9-6-12(17)14-7-9)13-16-10-4-2-3-5-11(10)18-13/h2-5,8-9,15H,6-7H2,1H3,(H,14,17). The lowest BCUT2D eigenvalue weighted by molar-refractivity contribution is -0.119. The van der Waals surface area contributed by atoms with Crippen molar-refractivity contribution in [2.24, 2.45) is 0 Å². The van der Waals surface area contributed by atoms with Gasteiger partial charge in [-0.2, -0.15) is 0 Å². The topological polar surface area (TPSA) is 54.0 Å². The number of carbonyl (C=O) groups excluding carboxylic acids is 1. The van der Waals surface area contributed by atoms with Crippen molar-refractivity contribution in [2.45, 2.75) is 25.4 Å². The van der Waals surface area contributed by atoms with Crippen LogP contribution in [0.15, 0.2) is 24.3 Å². The Kier molecular flexibility index (Phi) is 3.01. The molecule has 1 aromatic heterocycles. The number of nitrogens with one attached hydrogen (secondary N) is 2. The molecule has 2 atom stereocenters. The predicted molar refractivity (Wildman–Crippen MR) is 72.6 cm³/mol. The van der Waals surface area contributed by atoms with E-state index in [-0.39, 0.29) is 18.0 Å². The third-order valence-corrected chi connectivity index (χ3v) is 4.36. The molecule has 0 saturated carbocycles. The number of para-hydroxylation sites is 1. The summed E-state index contributed by atoms with van der Waals surface area (Å²) in [6.45, 7) is 2.81. The maximum Gasteiger partial charge on any atom is 0.221 e. The molecule has 1 aliphatic heterocycles. The van der Waals surface area contributed by atoms with Crippen LogP contribution in [0.25, 0.3) is 10.2 Å². The molecule has 0 spiro atoms. The largest absolute Gasteiger partial charge is 0.354 e. The van der Waals surface area contributed by atoms with Crippen LogP contribution in [-0.4, -0.2) is 23.5 Å².